The van der Waals surface area contributed by atoms with E-state index in [9.17, 15) is 4.79 Å². The molecule has 0 atom stereocenters. The first-order chi connectivity index (χ1) is 16.8. The first-order valence-electron chi connectivity index (χ1n) is 10.7. The molecule has 0 spiro atoms. The third-order valence-electron chi connectivity index (χ3n) is 4.97. The maximum Gasteiger partial charge on any atom is 0.307 e. The van der Waals surface area contributed by atoms with Crippen LogP contribution in [0.2, 0.25) is 5.02 Å². The molecule has 1 N–H and O–H groups in total. The number of benzene rings is 3. The second-order valence-corrected chi connectivity index (χ2v) is 9.83. The molecule has 1 amide bonds. The van der Waals surface area contributed by atoms with E-state index in [2.05, 4.69) is 42.4 Å². The normalized spacial score (nSPS) is 11.2. The summed E-state index contributed by atoms with van der Waals surface area (Å²) in [6, 6.07) is 16.9. The summed E-state index contributed by atoms with van der Waals surface area (Å²) >= 11 is 13.4. The van der Waals surface area contributed by atoms with Crippen LogP contribution in [0, 0.1) is 6.92 Å². The van der Waals surface area contributed by atoms with Gasteiger partial charge in [0.1, 0.15) is 12.2 Å². The molecule has 0 fully saturated rings. The van der Waals surface area contributed by atoms with Gasteiger partial charge in [-0.1, -0.05) is 57.4 Å². The lowest BCUT2D eigenvalue weighted by Crippen LogP contribution is -2.16. The highest BCUT2D eigenvalue weighted by Gasteiger charge is 2.15. The molecule has 0 saturated carbocycles. The Labute approximate surface area is 224 Å². The van der Waals surface area contributed by atoms with Gasteiger partial charge in [0.25, 0.3) is 0 Å². The summed E-state index contributed by atoms with van der Waals surface area (Å²) in [5, 5.41) is 5.21. The molecular weight excluding hydrogens is 600 g/mol. The predicted octanol–water partition coefficient (Wildman–Crippen LogP) is 7.66. The van der Waals surface area contributed by atoms with Gasteiger partial charge in [-0.05, 0) is 71.2 Å². The number of hydrazone groups is 1. The average molecular weight is 621 g/mol. The first-order valence-corrected chi connectivity index (χ1v) is 12.7. The Morgan fingerprint density at radius 3 is 2.63 bits per heavy atom. The van der Waals surface area contributed by atoms with Gasteiger partial charge in [0.2, 0.25) is 0 Å². The molecule has 9 heteroatoms. The number of rotatable bonds is 8. The molecule has 4 aromatic rings. The third-order valence-corrected chi connectivity index (χ3v) is 6.30. The minimum atomic E-state index is -0.477. The van der Waals surface area contributed by atoms with Gasteiger partial charge in [-0.3, -0.25) is 4.79 Å². The fourth-order valence-corrected chi connectivity index (χ4v) is 4.93. The molecule has 4 rings (SSSR count). The summed E-state index contributed by atoms with van der Waals surface area (Å²) in [7, 11) is 0. The van der Waals surface area contributed by atoms with E-state index in [1.807, 2.05) is 50.2 Å². The van der Waals surface area contributed by atoms with Gasteiger partial charge in [0.15, 0.2) is 17.3 Å². The van der Waals surface area contributed by atoms with Crippen molar-refractivity contribution in [1.82, 2.24) is 5.43 Å². The summed E-state index contributed by atoms with van der Waals surface area (Å²) in [6.45, 7) is 4.70. The second-order valence-electron chi connectivity index (χ2n) is 7.65. The zero-order valence-corrected chi connectivity index (χ0v) is 22.8. The van der Waals surface area contributed by atoms with Gasteiger partial charge >= 0.3 is 5.91 Å². The molecule has 180 valence electrons. The van der Waals surface area contributed by atoms with Crippen LogP contribution in [0.15, 0.2) is 73.1 Å². The fourth-order valence-electron chi connectivity index (χ4n) is 3.31. The number of hydrogen-bond acceptors (Lipinski definition) is 5. The number of ether oxygens (including phenoxy) is 2. The molecule has 3 aromatic carbocycles. The zero-order valence-electron chi connectivity index (χ0n) is 18.9. The van der Waals surface area contributed by atoms with Crippen LogP contribution in [-0.2, 0) is 6.61 Å². The monoisotopic (exact) mass is 618 g/mol. The van der Waals surface area contributed by atoms with E-state index in [0.717, 1.165) is 19.9 Å². The molecule has 35 heavy (non-hydrogen) atoms. The Morgan fingerprint density at radius 1 is 1.11 bits per heavy atom. The first kappa shape index (κ1) is 25.3. The van der Waals surface area contributed by atoms with Gasteiger partial charge in [-0.15, -0.1) is 0 Å². The topological polar surface area (TPSA) is 73.1 Å². The lowest BCUT2D eigenvalue weighted by Gasteiger charge is -2.14. The molecule has 0 aliphatic rings. The van der Waals surface area contributed by atoms with Gasteiger partial charge in [-0.25, -0.2) is 5.43 Å². The molecular formula is C26H21Br2ClN2O4. The summed E-state index contributed by atoms with van der Waals surface area (Å²) in [4.78, 5) is 12.5. The lowest BCUT2D eigenvalue weighted by molar-refractivity contribution is 0.0929. The molecule has 0 radical (unpaired) electrons. The van der Waals surface area contributed by atoms with Gasteiger partial charge in [0.05, 0.1) is 22.3 Å². The van der Waals surface area contributed by atoms with Crippen molar-refractivity contribution >= 4 is 66.6 Å². The van der Waals surface area contributed by atoms with E-state index in [1.165, 1.54) is 11.8 Å². The quantitative estimate of drug-likeness (QED) is 0.162. The van der Waals surface area contributed by atoms with Crippen molar-refractivity contribution in [3.05, 3.63) is 91.0 Å². The van der Waals surface area contributed by atoms with Crippen molar-refractivity contribution in [1.29, 1.82) is 0 Å². The summed E-state index contributed by atoms with van der Waals surface area (Å²) in [5.74, 6) is 0.611. The molecule has 0 bridgehead atoms. The van der Waals surface area contributed by atoms with E-state index >= 15 is 0 Å². The van der Waals surface area contributed by atoms with Crippen molar-refractivity contribution in [3.63, 3.8) is 0 Å². The molecule has 1 aromatic heterocycles. The molecule has 0 aliphatic heterocycles. The van der Waals surface area contributed by atoms with E-state index in [4.69, 9.17) is 25.5 Å². The van der Waals surface area contributed by atoms with Gasteiger partial charge in [-0.2, -0.15) is 5.10 Å². The summed E-state index contributed by atoms with van der Waals surface area (Å²) < 4.78 is 19.0. The van der Waals surface area contributed by atoms with E-state index in [1.54, 1.807) is 18.2 Å². The Hall–Kier alpha value is -2.81. The van der Waals surface area contributed by atoms with Crippen LogP contribution in [0.3, 0.4) is 0 Å². The average Bonchev–Trinajstić information content (AvgIpc) is 3.24. The third kappa shape index (κ3) is 6.25. The number of furan rings is 1. The number of carbonyl (C=O) groups is 1. The molecule has 1 heterocycles. The number of amides is 1. The van der Waals surface area contributed by atoms with Crippen molar-refractivity contribution in [2.45, 2.75) is 20.5 Å². The minimum Gasteiger partial charge on any atom is -0.490 e. The molecule has 0 saturated heterocycles. The highest BCUT2D eigenvalue weighted by molar-refractivity contribution is 9.11. The maximum atomic E-state index is 12.5. The van der Waals surface area contributed by atoms with Crippen LogP contribution >= 0.6 is 43.5 Å². The van der Waals surface area contributed by atoms with Crippen molar-refractivity contribution in [2.75, 3.05) is 6.61 Å². The Bertz CT molecular complexity index is 1400. The minimum absolute atomic E-state index is 0.142. The van der Waals surface area contributed by atoms with E-state index in [-0.39, 0.29) is 5.76 Å². The highest BCUT2D eigenvalue weighted by Crippen LogP contribution is 2.37. The number of nitrogens with zero attached hydrogens (tertiary/aromatic N) is 1. The number of nitrogens with one attached hydrogen (secondary N) is 1. The van der Waals surface area contributed by atoms with Crippen LogP contribution in [0.1, 0.15) is 34.2 Å². The number of fused-ring (bicyclic) bond motifs is 1. The van der Waals surface area contributed by atoms with Crippen molar-refractivity contribution < 1.29 is 18.7 Å². The number of hydrogen-bond donors (Lipinski definition) is 1. The van der Waals surface area contributed by atoms with Crippen LogP contribution in [0.25, 0.3) is 11.0 Å². The van der Waals surface area contributed by atoms with Crippen molar-refractivity contribution in [2.24, 2.45) is 5.10 Å². The van der Waals surface area contributed by atoms with Gasteiger partial charge in [0, 0.05) is 9.86 Å². The fraction of sp³-hybridized carbons (Fsp3) is 0.154. The SMILES string of the molecule is CCOc1cc(/C=N\NC(=O)c2cc3cc(Br)cc(Br)c3o2)cc(Cl)c1OCc1ccc(C)cc1. The molecule has 6 nitrogen and oxygen atoms in total. The van der Waals surface area contributed by atoms with Crippen LogP contribution < -0.4 is 14.9 Å². The highest BCUT2D eigenvalue weighted by atomic mass is 79.9. The maximum absolute atomic E-state index is 12.5. The predicted molar refractivity (Wildman–Crippen MR) is 145 cm³/mol. The Balaban J connectivity index is 1.47. The van der Waals surface area contributed by atoms with Crippen molar-refractivity contribution in [3.8, 4) is 11.5 Å². The largest absolute Gasteiger partial charge is 0.490 e. The lowest BCUT2D eigenvalue weighted by atomic mass is 10.1. The summed E-state index contributed by atoms with van der Waals surface area (Å²) in [6.07, 6.45) is 1.48. The van der Waals surface area contributed by atoms with E-state index in [0.29, 0.717) is 40.9 Å². The number of aryl methyl sites for hydroxylation is 1. The Morgan fingerprint density at radius 2 is 1.89 bits per heavy atom. The summed E-state index contributed by atoms with van der Waals surface area (Å²) in [5.41, 5.74) is 5.89. The molecule has 0 unspecified atom stereocenters. The van der Waals surface area contributed by atoms with Crippen LogP contribution in [-0.4, -0.2) is 18.7 Å². The Kier molecular flexibility index (Phi) is 8.15. The second kappa shape index (κ2) is 11.3. The number of halogens is 3. The molecule has 0 aliphatic carbocycles. The standard InChI is InChI=1S/C26H21Br2ClN2O4/c1-3-33-22-9-17(8-21(29)25(22)34-14-16-6-4-15(2)5-7-16)13-30-31-26(32)23-11-18-10-19(27)12-20(28)24(18)35-23/h4-13H,3,14H2,1-2H3,(H,31,32)/b30-13-. The van der Waals surface area contributed by atoms with Crippen LogP contribution in [0.5, 0.6) is 11.5 Å². The van der Waals surface area contributed by atoms with Crippen LogP contribution in [0.4, 0.5) is 0 Å². The van der Waals surface area contributed by atoms with E-state index < -0.39 is 5.91 Å². The number of carbonyl (C=O) groups excluding carboxylic acids is 1. The van der Waals surface area contributed by atoms with Gasteiger partial charge < -0.3 is 13.9 Å². The smallest absolute Gasteiger partial charge is 0.307 e. The zero-order chi connectivity index (χ0) is 24.9.